The smallest absolute Gasteiger partial charge is 0.0834 e. The second-order valence-electron chi connectivity index (χ2n) is 4.77. The maximum atomic E-state index is 6.31. The van der Waals surface area contributed by atoms with Crippen LogP contribution in [0.15, 0.2) is 6.20 Å². The zero-order valence-electron chi connectivity index (χ0n) is 10.4. The number of hydrogen-bond acceptors (Lipinski definition) is 3. The molecule has 0 aliphatic carbocycles. The van der Waals surface area contributed by atoms with E-state index >= 15 is 0 Å². The Kier molecular flexibility index (Phi) is 4.07. The van der Waals surface area contributed by atoms with E-state index < -0.39 is 0 Å². The minimum atomic E-state index is -0.0819. The summed E-state index contributed by atoms with van der Waals surface area (Å²) >= 11 is 6.19. The van der Waals surface area contributed by atoms with Crippen LogP contribution in [0.1, 0.15) is 38.4 Å². The molecule has 1 fully saturated rings. The molecule has 1 aliphatic rings. The van der Waals surface area contributed by atoms with Crippen molar-refractivity contribution in [2.45, 2.75) is 45.4 Å². The van der Waals surface area contributed by atoms with Crippen molar-refractivity contribution in [2.75, 3.05) is 6.61 Å². The average Bonchev–Trinajstić information content (AvgIpc) is 2.86. The second kappa shape index (κ2) is 5.38. The molecule has 1 aromatic rings. The van der Waals surface area contributed by atoms with E-state index in [2.05, 4.69) is 18.9 Å². The van der Waals surface area contributed by atoms with Crippen molar-refractivity contribution in [3.63, 3.8) is 0 Å². The minimum absolute atomic E-state index is 0.0819. The molecule has 0 amide bonds. The first kappa shape index (κ1) is 12.9. The first-order chi connectivity index (χ1) is 8.13. The third kappa shape index (κ3) is 2.64. The molecule has 3 atom stereocenters. The van der Waals surface area contributed by atoms with Crippen LogP contribution in [0, 0.1) is 5.92 Å². The summed E-state index contributed by atoms with van der Waals surface area (Å²) in [5.41, 5.74) is 7.27. The summed E-state index contributed by atoms with van der Waals surface area (Å²) in [4.78, 5) is 0. The highest BCUT2D eigenvalue weighted by Crippen LogP contribution is 2.33. The molecule has 0 saturated carbocycles. The number of nitrogens with zero attached hydrogens (tertiary/aromatic N) is 2. The molecule has 96 valence electrons. The first-order valence-corrected chi connectivity index (χ1v) is 6.59. The van der Waals surface area contributed by atoms with Gasteiger partial charge in [0.05, 0.1) is 35.7 Å². The van der Waals surface area contributed by atoms with Gasteiger partial charge in [-0.15, -0.1) is 0 Å². The molecule has 2 rings (SSSR count). The van der Waals surface area contributed by atoms with E-state index in [4.69, 9.17) is 22.1 Å². The molecular weight excluding hydrogens is 238 g/mol. The Morgan fingerprint density at radius 1 is 1.71 bits per heavy atom. The Labute approximate surface area is 107 Å². The van der Waals surface area contributed by atoms with E-state index in [0.29, 0.717) is 17.0 Å². The van der Waals surface area contributed by atoms with E-state index in [1.54, 1.807) is 6.20 Å². The highest BCUT2D eigenvalue weighted by molar-refractivity contribution is 6.31. The fourth-order valence-corrected chi connectivity index (χ4v) is 2.68. The third-order valence-electron chi connectivity index (χ3n) is 3.32. The van der Waals surface area contributed by atoms with E-state index in [1.807, 2.05) is 4.68 Å². The van der Waals surface area contributed by atoms with Gasteiger partial charge in [-0.25, -0.2) is 0 Å². The lowest BCUT2D eigenvalue weighted by Crippen LogP contribution is -2.25. The van der Waals surface area contributed by atoms with Crippen molar-refractivity contribution in [3.8, 4) is 0 Å². The molecule has 5 heteroatoms. The number of nitrogens with two attached hydrogens (primary N) is 1. The maximum Gasteiger partial charge on any atom is 0.0834 e. The van der Waals surface area contributed by atoms with Crippen LogP contribution in [0.3, 0.4) is 0 Å². The normalized spacial score (nSPS) is 26.4. The van der Waals surface area contributed by atoms with E-state index in [-0.39, 0.29) is 6.04 Å². The van der Waals surface area contributed by atoms with Gasteiger partial charge < -0.3 is 10.5 Å². The molecule has 3 unspecified atom stereocenters. The molecule has 1 aliphatic heterocycles. The summed E-state index contributed by atoms with van der Waals surface area (Å²) in [5, 5.41) is 4.95. The predicted molar refractivity (Wildman–Crippen MR) is 68.0 cm³/mol. The van der Waals surface area contributed by atoms with Crippen molar-refractivity contribution >= 4 is 11.6 Å². The van der Waals surface area contributed by atoms with Gasteiger partial charge in [0.25, 0.3) is 0 Å². The highest BCUT2D eigenvalue weighted by Gasteiger charge is 2.31. The topological polar surface area (TPSA) is 53.1 Å². The molecule has 0 bridgehead atoms. The zero-order chi connectivity index (χ0) is 12.4. The van der Waals surface area contributed by atoms with Gasteiger partial charge in [0.15, 0.2) is 0 Å². The van der Waals surface area contributed by atoms with Crippen LogP contribution < -0.4 is 5.73 Å². The van der Waals surface area contributed by atoms with Crippen LogP contribution in [-0.4, -0.2) is 22.5 Å². The van der Waals surface area contributed by atoms with Gasteiger partial charge in [-0.2, -0.15) is 5.10 Å². The number of aryl methyl sites for hydroxylation is 1. The van der Waals surface area contributed by atoms with Crippen molar-refractivity contribution < 1.29 is 4.74 Å². The van der Waals surface area contributed by atoms with Gasteiger partial charge >= 0.3 is 0 Å². The predicted octanol–water partition coefficient (Wildman–Crippen LogP) is 2.37. The fourth-order valence-electron chi connectivity index (χ4n) is 2.42. The quantitative estimate of drug-likeness (QED) is 0.901. The summed E-state index contributed by atoms with van der Waals surface area (Å²) < 4.78 is 7.50. The van der Waals surface area contributed by atoms with E-state index in [9.17, 15) is 0 Å². The van der Waals surface area contributed by atoms with Gasteiger partial charge in [0, 0.05) is 12.5 Å². The van der Waals surface area contributed by atoms with Gasteiger partial charge in [0.2, 0.25) is 0 Å². The number of rotatable bonds is 4. The van der Waals surface area contributed by atoms with Gasteiger partial charge in [-0.05, 0) is 19.8 Å². The molecule has 0 radical (unpaired) electrons. The third-order valence-corrected chi connectivity index (χ3v) is 3.61. The second-order valence-corrected chi connectivity index (χ2v) is 5.17. The van der Waals surface area contributed by atoms with Crippen molar-refractivity contribution in [2.24, 2.45) is 11.7 Å². The Hall–Kier alpha value is -0.580. The summed E-state index contributed by atoms with van der Waals surface area (Å²) in [6.45, 7) is 5.78. The molecule has 1 aromatic heterocycles. The molecule has 0 spiro atoms. The number of aromatic nitrogens is 2. The van der Waals surface area contributed by atoms with Crippen LogP contribution in [0.5, 0.6) is 0 Å². The van der Waals surface area contributed by atoms with Gasteiger partial charge in [-0.1, -0.05) is 18.5 Å². The molecule has 2 heterocycles. The van der Waals surface area contributed by atoms with E-state index in [0.717, 1.165) is 31.7 Å². The first-order valence-electron chi connectivity index (χ1n) is 6.21. The van der Waals surface area contributed by atoms with Crippen LogP contribution >= 0.6 is 11.6 Å². The number of ether oxygens (including phenoxy) is 1. The number of hydrogen-bond donors (Lipinski definition) is 1. The SMILES string of the molecule is CCCn1ncc(Cl)c1C(N)C1COC(C)C1. The lowest BCUT2D eigenvalue weighted by molar-refractivity contribution is 0.118. The summed E-state index contributed by atoms with van der Waals surface area (Å²) in [7, 11) is 0. The fraction of sp³-hybridized carbons (Fsp3) is 0.750. The van der Waals surface area contributed by atoms with Crippen LogP contribution in [0.25, 0.3) is 0 Å². The highest BCUT2D eigenvalue weighted by atomic mass is 35.5. The van der Waals surface area contributed by atoms with Crippen molar-refractivity contribution in [3.05, 3.63) is 16.9 Å². The Morgan fingerprint density at radius 2 is 2.47 bits per heavy atom. The summed E-state index contributed by atoms with van der Waals surface area (Å²) in [5.74, 6) is 0.342. The minimum Gasteiger partial charge on any atom is -0.378 e. The lowest BCUT2D eigenvalue weighted by atomic mass is 9.95. The van der Waals surface area contributed by atoms with Crippen LogP contribution in [0.2, 0.25) is 5.02 Å². The molecule has 1 saturated heterocycles. The zero-order valence-corrected chi connectivity index (χ0v) is 11.2. The number of halogens is 1. The Bertz CT molecular complexity index is 380. The molecular formula is C12H20ClN3O. The average molecular weight is 258 g/mol. The summed E-state index contributed by atoms with van der Waals surface area (Å²) in [6.07, 6.45) is 4.00. The van der Waals surface area contributed by atoms with Crippen molar-refractivity contribution in [1.29, 1.82) is 0 Å². The molecule has 2 N–H and O–H groups in total. The largest absolute Gasteiger partial charge is 0.378 e. The molecule has 4 nitrogen and oxygen atoms in total. The standard InChI is InChI=1S/C12H20ClN3O/c1-3-4-16-12(10(13)6-15-16)11(14)9-5-8(2)17-7-9/h6,8-9,11H,3-5,7,14H2,1-2H3. The lowest BCUT2D eigenvalue weighted by Gasteiger charge is -2.19. The van der Waals surface area contributed by atoms with Crippen LogP contribution in [0.4, 0.5) is 0 Å². The summed E-state index contributed by atoms with van der Waals surface area (Å²) in [6, 6.07) is -0.0819. The maximum absolute atomic E-state index is 6.31. The van der Waals surface area contributed by atoms with Gasteiger partial charge in [0.1, 0.15) is 0 Å². The van der Waals surface area contributed by atoms with Gasteiger partial charge in [-0.3, -0.25) is 4.68 Å². The van der Waals surface area contributed by atoms with Crippen molar-refractivity contribution in [1.82, 2.24) is 9.78 Å². The van der Waals surface area contributed by atoms with Crippen LogP contribution in [-0.2, 0) is 11.3 Å². The Morgan fingerprint density at radius 3 is 3.06 bits per heavy atom. The van der Waals surface area contributed by atoms with E-state index in [1.165, 1.54) is 0 Å². The molecule has 0 aromatic carbocycles. The Balaban J connectivity index is 2.17. The molecule has 17 heavy (non-hydrogen) atoms. The monoisotopic (exact) mass is 257 g/mol.